The lowest BCUT2D eigenvalue weighted by molar-refractivity contribution is -0.120. The first-order valence-corrected chi connectivity index (χ1v) is 8.89. The average Bonchev–Trinajstić information content (AvgIpc) is 2.72. The summed E-state index contributed by atoms with van der Waals surface area (Å²) in [5, 5.41) is 2.82. The quantitative estimate of drug-likeness (QED) is 0.716. The van der Waals surface area contributed by atoms with Crippen LogP contribution in [-0.4, -0.2) is 45.0 Å². The highest BCUT2D eigenvalue weighted by molar-refractivity contribution is 6.05. The van der Waals surface area contributed by atoms with Crippen molar-refractivity contribution < 1.29 is 19.1 Å². The summed E-state index contributed by atoms with van der Waals surface area (Å²) in [5.41, 5.74) is 7.77. The summed E-state index contributed by atoms with van der Waals surface area (Å²) in [6, 6.07) is 12.1. The number of nitrogens with two attached hydrogens (primary N) is 1. The third-order valence-electron chi connectivity index (χ3n) is 4.55. The molecule has 3 N–H and O–H groups in total. The zero-order valence-electron chi connectivity index (χ0n) is 17.3. The summed E-state index contributed by atoms with van der Waals surface area (Å²) in [6.07, 6.45) is 0. The van der Waals surface area contributed by atoms with Crippen molar-refractivity contribution in [1.82, 2.24) is 4.90 Å². The average molecular weight is 422 g/mol. The topological polar surface area (TPSA) is 93.9 Å². The third kappa shape index (κ3) is 5.62. The Bertz CT molecular complexity index is 843. The van der Waals surface area contributed by atoms with Gasteiger partial charge in [0.2, 0.25) is 5.91 Å². The first-order valence-electron chi connectivity index (χ1n) is 8.89. The molecule has 2 aromatic rings. The Balaban J connectivity index is 0.00000420. The first-order chi connectivity index (χ1) is 13.3. The van der Waals surface area contributed by atoms with Gasteiger partial charge < -0.3 is 25.4 Å². The van der Waals surface area contributed by atoms with Gasteiger partial charge in [-0.1, -0.05) is 37.3 Å². The molecule has 0 bridgehead atoms. The molecule has 8 heteroatoms. The molecule has 158 valence electrons. The maximum absolute atomic E-state index is 12.8. The molecule has 7 nitrogen and oxygen atoms in total. The number of rotatable bonds is 7. The van der Waals surface area contributed by atoms with Crippen molar-refractivity contribution in [1.29, 1.82) is 0 Å². The summed E-state index contributed by atoms with van der Waals surface area (Å²) < 4.78 is 10.6. The smallest absolute Gasteiger partial charge is 0.255 e. The molecule has 0 aliphatic carbocycles. The van der Waals surface area contributed by atoms with E-state index in [-0.39, 0.29) is 24.2 Å². The highest BCUT2D eigenvalue weighted by Crippen LogP contribution is 2.34. The lowest BCUT2D eigenvalue weighted by Crippen LogP contribution is -2.31. The standard InChI is InChI=1S/C21H27N3O4.ClH/c1-13(19(22)14-9-7-6-8-10-14)20(25)23-16-12-18(28-5)17(27-4)11-15(16)21(26)24(2)3;/h6-13,19H,22H2,1-5H3,(H,23,25);1H. The number of carbonyl (C=O) groups excluding carboxylic acids is 2. The number of nitrogens with one attached hydrogen (secondary N) is 1. The van der Waals surface area contributed by atoms with E-state index in [1.807, 2.05) is 30.3 Å². The molecule has 0 aromatic heterocycles. The van der Waals surface area contributed by atoms with E-state index in [0.717, 1.165) is 5.56 Å². The van der Waals surface area contributed by atoms with Crippen molar-refractivity contribution in [2.45, 2.75) is 13.0 Å². The van der Waals surface area contributed by atoms with E-state index in [4.69, 9.17) is 15.2 Å². The van der Waals surface area contributed by atoms with Crippen LogP contribution in [0.5, 0.6) is 11.5 Å². The number of hydrogen-bond acceptors (Lipinski definition) is 5. The van der Waals surface area contributed by atoms with Crippen molar-refractivity contribution in [2.24, 2.45) is 11.7 Å². The van der Waals surface area contributed by atoms with Crippen LogP contribution in [0.4, 0.5) is 5.69 Å². The van der Waals surface area contributed by atoms with Crippen LogP contribution in [0.15, 0.2) is 42.5 Å². The number of methoxy groups -OCH3 is 2. The molecule has 0 fully saturated rings. The Morgan fingerprint density at radius 2 is 1.59 bits per heavy atom. The molecule has 0 saturated heterocycles. The molecule has 2 amide bonds. The minimum atomic E-state index is -0.516. The Labute approximate surface area is 177 Å². The van der Waals surface area contributed by atoms with Crippen LogP contribution in [0.3, 0.4) is 0 Å². The third-order valence-corrected chi connectivity index (χ3v) is 4.55. The van der Waals surface area contributed by atoms with Crippen molar-refractivity contribution in [3.05, 3.63) is 53.6 Å². The van der Waals surface area contributed by atoms with Crippen LogP contribution < -0.4 is 20.5 Å². The number of carbonyl (C=O) groups is 2. The highest BCUT2D eigenvalue weighted by Gasteiger charge is 2.25. The molecule has 0 aliphatic heterocycles. The summed E-state index contributed by atoms with van der Waals surface area (Å²) >= 11 is 0. The molecule has 2 aromatic carbocycles. The Kier molecular flexibility index (Phi) is 8.94. The van der Waals surface area contributed by atoms with Gasteiger partial charge in [0.15, 0.2) is 11.5 Å². The summed E-state index contributed by atoms with van der Waals surface area (Å²) in [6.45, 7) is 1.75. The number of ether oxygens (including phenoxy) is 2. The molecule has 0 heterocycles. The molecule has 2 unspecified atom stereocenters. The van der Waals surface area contributed by atoms with Crippen LogP contribution in [-0.2, 0) is 4.79 Å². The normalized spacial score (nSPS) is 12.2. The van der Waals surface area contributed by atoms with Gasteiger partial charge in [-0.2, -0.15) is 0 Å². The molecule has 2 rings (SSSR count). The van der Waals surface area contributed by atoms with Crippen LogP contribution in [0.25, 0.3) is 0 Å². The van der Waals surface area contributed by atoms with Crippen molar-refractivity contribution in [2.75, 3.05) is 33.6 Å². The van der Waals surface area contributed by atoms with E-state index >= 15 is 0 Å². The van der Waals surface area contributed by atoms with Crippen molar-refractivity contribution >= 4 is 29.9 Å². The van der Waals surface area contributed by atoms with E-state index in [1.165, 1.54) is 19.1 Å². The molecule has 0 saturated carbocycles. The number of amides is 2. The van der Waals surface area contributed by atoms with Crippen LogP contribution in [0.2, 0.25) is 0 Å². The van der Waals surface area contributed by atoms with Gasteiger partial charge in [-0.05, 0) is 11.6 Å². The molecule has 2 atom stereocenters. The molecular formula is C21H28ClN3O4. The van der Waals surface area contributed by atoms with E-state index < -0.39 is 12.0 Å². The summed E-state index contributed by atoms with van der Waals surface area (Å²) in [5.74, 6) is -0.265. The minimum absolute atomic E-state index is 0. The largest absolute Gasteiger partial charge is 0.493 e. The second kappa shape index (κ2) is 10.7. The van der Waals surface area contributed by atoms with Crippen LogP contribution >= 0.6 is 12.4 Å². The van der Waals surface area contributed by atoms with Gasteiger partial charge in [-0.25, -0.2) is 0 Å². The predicted molar refractivity (Wildman–Crippen MR) is 116 cm³/mol. The van der Waals surface area contributed by atoms with Gasteiger partial charge in [0, 0.05) is 26.2 Å². The molecule has 29 heavy (non-hydrogen) atoms. The van der Waals surface area contributed by atoms with Crippen molar-refractivity contribution in [3.63, 3.8) is 0 Å². The zero-order valence-corrected chi connectivity index (χ0v) is 18.1. The van der Waals surface area contributed by atoms with E-state index in [1.54, 1.807) is 33.2 Å². The number of nitrogens with zero attached hydrogens (tertiary/aromatic N) is 1. The van der Waals surface area contributed by atoms with Crippen LogP contribution in [0.1, 0.15) is 28.9 Å². The maximum Gasteiger partial charge on any atom is 0.255 e. The van der Waals surface area contributed by atoms with Gasteiger partial charge >= 0.3 is 0 Å². The lowest BCUT2D eigenvalue weighted by atomic mass is 9.94. The lowest BCUT2D eigenvalue weighted by Gasteiger charge is -2.22. The first kappa shape index (κ1) is 24.3. The fraction of sp³-hybridized carbons (Fsp3) is 0.333. The number of anilines is 1. The fourth-order valence-electron chi connectivity index (χ4n) is 2.77. The monoisotopic (exact) mass is 421 g/mol. The van der Waals surface area contributed by atoms with Crippen molar-refractivity contribution in [3.8, 4) is 11.5 Å². The Morgan fingerprint density at radius 1 is 1.03 bits per heavy atom. The van der Waals surface area contributed by atoms with Gasteiger partial charge in [0.1, 0.15) is 0 Å². The van der Waals surface area contributed by atoms with Gasteiger partial charge in [-0.3, -0.25) is 9.59 Å². The zero-order chi connectivity index (χ0) is 20.8. The summed E-state index contributed by atoms with van der Waals surface area (Å²) in [7, 11) is 6.25. The van der Waals surface area contributed by atoms with Gasteiger partial charge in [0.25, 0.3) is 5.91 Å². The molecule has 0 aliphatic rings. The highest BCUT2D eigenvalue weighted by atomic mass is 35.5. The van der Waals surface area contributed by atoms with Crippen LogP contribution in [0, 0.1) is 5.92 Å². The Hall–Kier alpha value is -2.77. The predicted octanol–water partition coefficient (Wildman–Crippen LogP) is 3.10. The maximum atomic E-state index is 12.8. The van der Waals surface area contributed by atoms with E-state index in [0.29, 0.717) is 22.7 Å². The van der Waals surface area contributed by atoms with E-state index in [2.05, 4.69) is 5.32 Å². The summed E-state index contributed by atoms with van der Waals surface area (Å²) in [4.78, 5) is 26.9. The number of halogens is 1. The second-order valence-corrected chi connectivity index (χ2v) is 6.67. The van der Waals surface area contributed by atoms with Gasteiger partial charge in [0.05, 0.1) is 31.4 Å². The number of benzene rings is 2. The van der Waals surface area contributed by atoms with Gasteiger partial charge in [-0.15, -0.1) is 12.4 Å². The molecular weight excluding hydrogens is 394 g/mol. The molecule has 0 spiro atoms. The van der Waals surface area contributed by atoms with E-state index in [9.17, 15) is 9.59 Å². The molecule has 0 radical (unpaired) electrons. The Morgan fingerprint density at radius 3 is 2.10 bits per heavy atom. The SMILES string of the molecule is COc1cc(NC(=O)C(C)C(N)c2ccccc2)c(C(=O)N(C)C)cc1OC.Cl. The minimum Gasteiger partial charge on any atom is -0.493 e. The second-order valence-electron chi connectivity index (χ2n) is 6.67. The fourth-order valence-corrected chi connectivity index (χ4v) is 2.77. The number of hydrogen-bond donors (Lipinski definition) is 2.